The van der Waals surface area contributed by atoms with E-state index in [4.69, 9.17) is 5.73 Å². The van der Waals surface area contributed by atoms with Gasteiger partial charge in [-0.15, -0.1) is 0 Å². The Bertz CT molecular complexity index is 376. The zero-order chi connectivity index (χ0) is 13.5. The van der Waals surface area contributed by atoms with Crippen molar-refractivity contribution in [1.29, 1.82) is 0 Å². The summed E-state index contributed by atoms with van der Waals surface area (Å²) in [6.07, 6.45) is -0.736. The highest BCUT2D eigenvalue weighted by Crippen LogP contribution is 2.17. The van der Waals surface area contributed by atoms with Gasteiger partial charge in [0.2, 0.25) is 0 Å². The molecule has 0 saturated carbocycles. The summed E-state index contributed by atoms with van der Waals surface area (Å²) < 4.78 is 4.65. The minimum atomic E-state index is -0.736. The fourth-order valence-electron chi connectivity index (χ4n) is 1.61. The Hall–Kier alpha value is -1.75. The summed E-state index contributed by atoms with van der Waals surface area (Å²) in [6, 6.07) is 8.53. The number of anilines is 1. The van der Waals surface area contributed by atoms with Crippen LogP contribution in [0.4, 0.5) is 10.5 Å². The Morgan fingerprint density at radius 2 is 2.00 bits per heavy atom. The fraction of sp³-hybridized carbons (Fsp3) is 0.462. The van der Waals surface area contributed by atoms with E-state index < -0.39 is 6.09 Å². The summed E-state index contributed by atoms with van der Waals surface area (Å²) in [5.74, 6) is 0. The molecule has 5 nitrogen and oxygen atoms in total. The van der Waals surface area contributed by atoms with Crippen LogP contribution in [-0.4, -0.2) is 33.3 Å². The SMILES string of the molecule is CC(NCCOC(N)=O)c1ccc(N(C)C)cc1. The third-order valence-electron chi connectivity index (χ3n) is 2.71. The first-order valence-corrected chi connectivity index (χ1v) is 5.93. The highest BCUT2D eigenvalue weighted by molar-refractivity contribution is 5.64. The number of nitrogens with one attached hydrogen (secondary N) is 1. The molecule has 0 aliphatic rings. The Kier molecular flexibility index (Phi) is 5.45. The molecule has 1 aromatic rings. The van der Waals surface area contributed by atoms with Crippen molar-refractivity contribution >= 4 is 11.8 Å². The highest BCUT2D eigenvalue weighted by atomic mass is 16.5. The van der Waals surface area contributed by atoms with Gasteiger partial charge in [0, 0.05) is 32.4 Å². The molecule has 0 aliphatic carbocycles. The number of hydrogen-bond acceptors (Lipinski definition) is 4. The Morgan fingerprint density at radius 1 is 1.39 bits per heavy atom. The molecule has 0 radical (unpaired) electrons. The average Bonchev–Trinajstić information content (AvgIpc) is 2.34. The van der Waals surface area contributed by atoms with Gasteiger partial charge in [-0.2, -0.15) is 0 Å². The van der Waals surface area contributed by atoms with Gasteiger partial charge < -0.3 is 20.7 Å². The molecule has 0 bridgehead atoms. The van der Waals surface area contributed by atoms with Crippen LogP contribution in [0, 0.1) is 0 Å². The number of amides is 1. The zero-order valence-corrected chi connectivity index (χ0v) is 11.1. The number of primary amides is 1. The molecule has 18 heavy (non-hydrogen) atoms. The Balaban J connectivity index is 2.41. The fourth-order valence-corrected chi connectivity index (χ4v) is 1.61. The van der Waals surface area contributed by atoms with Crippen molar-refractivity contribution in [3.8, 4) is 0 Å². The van der Waals surface area contributed by atoms with Crippen molar-refractivity contribution in [1.82, 2.24) is 5.32 Å². The largest absolute Gasteiger partial charge is 0.448 e. The van der Waals surface area contributed by atoms with Gasteiger partial charge in [-0.25, -0.2) is 4.79 Å². The van der Waals surface area contributed by atoms with Gasteiger partial charge in [-0.3, -0.25) is 0 Å². The Labute approximate surface area is 108 Å². The number of rotatable bonds is 6. The summed E-state index contributed by atoms with van der Waals surface area (Å²) in [5, 5.41) is 3.26. The third kappa shape index (κ3) is 4.63. The molecule has 1 rings (SSSR count). The lowest BCUT2D eigenvalue weighted by molar-refractivity contribution is 0.156. The van der Waals surface area contributed by atoms with Crippen LogP contribution in [-0.2, 0) is 4.74 Å². The molecule has 5 heteroatoms. The molecule has 100 valence electrons. The van der Waals surface area contributed by atoms with Crippen LogP contribution in [0.25, 0.3) is 0 Å². The van der Waals surface area contributed by atoms with Gasteiger partial charge in [-0.1, -0.05) is 12.1 Å². The predicted molar refractivity (Wildman–Crippen MR) is 72.7 cm³/mol. The van der Waals surface area contributed by atoms with E-state index in [1.165, 1.54) is 11.3 Å². The number of benzene rings is 1. The topological polar surface area (TPSA) is 67.6 Å². The van der Waals surface area contributed by atoms with Gasteiger partial charge in [0.15, 0.2) is 0 Å². The van der Waals surface area contributed by atoms with E-state index in [-0.39, 0.29) is 12.6 Å². The summed E-state index contributed by atoms with van der Waals surface area (Å²) in [5.41, 5.74) is 7.24. The lowest BCUT2D eigenvalue weighted by Gasteiger charge is -2.17. The highest BCUT2D eigenvalue weighted by Gasteiger charge is 2.05. The third-order valence-corrected chi connectivity index (χ3v) is 2.71. The maximum atomic E-state index is 10.4. The van der Waals surface area contributed by atoms with Crippen LogP contribution in [0.1, 0.15) is 18.5 Å². The summed E-state index contributed by atoms with van der Waals surface area (Å²) in [4.78, 5) is 12.4. The Morgan fingerprint density at radius 3 is 2.50 bits per heavy atom. The van der Waals surface area contributed by atoms with Crippen molar-refractivity contribution in [2.24, 2.45) is 5.73 Å². The van der Waals surface area contributed by atoms with E-state index in [0.717, 1.165) is 0 Å². The van der Waals surface area contributed by atoms with Crippen molar-refractivity contribution in [3.63, 3.8) is 0 Å². The molecule has 1 aromatic carbocycles. The lowest BCUT2D eigenvalue weighted by atomic mass is 10.1. The summed E-state index contributed by atoms with van der Waals surface area (Å²) in [7, 11) is 4.02. The van der Waals surface area contributed by atoms with E-state index in [9.17, 15) is 4.79 Å². The molecule has 0 aromatic heterocycles. The second-order valence-corrected chi connectivity index (χ2v) is 4.33. The minimum absolute atomic E-state index is 0.206. The number of ether oxygens (including phenoxy) is 1. The number of carbonyl (C=O) groups is 1. The van der Waals surface area contributed by atoms with Crippen LogP contribution in [0.2, 0.25) is 0 Å². The number of nitrogens with zero attached hydrogens (tertiary/aromatic N) is 1. The van der Waals surface area contributed by atoms with Crippen LogP contribution >= 0.6 is 0 Å². The monoisotopic (exact) mass is 251 g/mol. The molecule has 1 amide bonds. The minimum Gasteiger partial charge on any atom is -0.448 e. The number of hydrogen-bond donors (Lipinski definition) is 2. The second-order valence-electron chi connectivity index (χ2n) is 4.33. The van der Waals surface area contributed by atoms with E-state index in [2.05, 4.69) is 46.1 Å². The second kappa shape index (κ2) is 6.86. The van der Waals surface area contributed by atoms with Crippen LogP contribution in [0.3, 0.4) is 0 Å². The van der Waals surface area contributed by atoms with Crippen molar-refractivity contribution in [2.75, 3.05) is 32.1 Å². The molecule has 0 spiro atoms. The van der Waals surface area contributed by atoms with Gasteiger partial charge in [0.05, 0.1) is 0 Å². The van der Waals surface area contributed by atoms with Crippen molar-refractivity contribution in [3.05, 3.63) is 29.8 Å². The lowest BCUT2D eigenvalue weighted by Crippen LogP contribution is -2.25. The maximum absolute atomic E-state index is 10.4. The molecule has 3 N–H and O–H groups in total. The molecular weight excluding hydrogens is 230 g/mol. The first-order chi connectivity index (χ1) is 8.50. The van der Waals surface area contributed by atoms with Crippen molar-refractivity contribution < 1.29 is 9.53 Å². The molecule has 0 heterocycles. The van der Waals surface area contributed by atoms with Crippen LogP contribution in [0.15, 0.2) is 24.3 Å². The normalized spacial score (nSPS) is 11.9. The molecule has 1 atom stereocenters. The van der Waals surface area contributed by atoms with Crippen molar-refractivity contribution in [2.45, 2.75) is 13.0 Å². The van der Waals surface area contributed by atoms with Gasteiger partial charge in [0.1, 0.15) is 6.61 Å². The number of nitrogens with two attached hydrogens (primary N) is 1. The summed E-state index contributed by atoms with van der Waals surface area (Å²) >= 11 is 0. The quantitative estimate of drug-likeness (QED) is 0.752. The predicted octanol–water partition coefficient (Wildman–Crippen LogP) is 1.50. The van der Waals surface area contributed by atoms with E-state index in [0.29, 0.717) is 6.54 Å². The summed E-state index contributed by atoms with van der Waals surface area (Å²) in [6.45, 7) is 2.93. The molecule has 0 aliphatic heterocycles. The van der Waals surface area contributed by atoms with E-state index in [1.54, 1.807) is 0 Å². The maximum Gasteiger partial charge on any atom is 0.404 e. The smallest absolute Gasteiger partial charge is 0.404 e. The van der Waals surface area contributed by atoms with Gasteiger partial charge in [0.25, 0.3) is 0 Å². The first-order valence-electron chi connectivity index (χ1n) is 5.93. The van der Waals surface area contributed by atoms with Crippen LogP contribution in [0.5, 0.6) is 0 Å². The molecule has 0 saturated heterocycles. The average molecular weight is 251 g/mol. The van der Waals surface area contributed by atoms with E-state index in [1.807, 2.05) is 14.1 Å². The van der Waals surface area contributed by atoms with Gasteiger partial charge >= 0.3 is 6.09 Å². The zero-order valence-electron chi connectivity index (χ0n) is 11.1. The van der Waals surface area contributed by atoms with Gasteiger partial charge in [-0.05, 0) is 24.6 Å². The van der Waals surface area contributed by atoms with E-state index >= 15 is 0 Å². The number of carbonyl (C=O) groups excluding carboxylic acids is 1. The molecule has 1 unspecified atom stereocenters. The molecular formula is C13H21N3O2. The standard InChI is InChI=1S/C13H21N3O2/c1-10(15-8-9-18-13(14)17)11-4-6-12(7-5-11)16(2)3/h4-7,10,15H,8-9H2,1-3H3,(H2,14,17). The molecule has 0 fully saturated rings. The first kappa shape index (κ1) is 14.3. The van der Waals surface area contributed by atoms with Crippen LogP contribution < -0.4 is 16.0 Å².